The summed E-state index contributed by atoms with van der Waals surface area (Å²) in [5, 5.41) is 12.0. The third-order valence-electron chi connectivity index (χ3n) is 5.29. The van der Waals surface area contributed by atoms with Crippen molar-refractivity contribution in [2.75, 3.05) is 13.7 Å². The second-order valence-electron chi connectivity index (χ2n) is 7.10. The maximum absolute atomic E-state index is 12.3. The summed E-state index contributed by atoms with van der Waals surface area (Å²) in [7, 11) is 1.61. The smallest absolute Gasteiger partial charge is 0.270 e. The van der Waals surface area contributed by atoms with E-state index in [1.807, 2.05) is 13.0 Å². The second kappa shape index (κ2) is 6.93. The van der Waals surface area contributed by atoms with Gasteiger partial charge in [0, 0.05) is 5.56 Å². The molecule has 1 amide bonds. The van der Waals surface area contributed by atoms with Gasteiger partial charge in [-0.1, -0.05) is 19.1 Å². The van der Waals surface area contributed by atoms with Crippen LogP contribution in [0.5, 0.6) is 5.75 Å². The molecular weight excluding hydrogens is 304 g/mol. The Kier molecular flexibility index (Phi) is 4.90. The van der Waals surface area contributed by atoms with Gasteiger partial charge in [0.15, 0.2) is 0 Å². The highest BCUT2D eigenvalue weighted by molar-refractivity contribution is 5.93. The van der Waals surface area contributed by atoms with Crippen molar-refractivity contribution < 1.29 is 14.6 Å². The largest absolute Gasteiger partial charge is 0.495 e. The molecule has 0 unspecified atom stereocenters. The van der Waals surface area contributed by atoms with Crippen molar-refractivity contribution in [1.82, 2.24) is 10.3 Å². The number of aliphatic hydroxyl groups excluding tert-OH is 1. The number of hydrogen-bond acceptors (Lipinski definition) is 4. The lowest BCUT2D eigenvalue weighted by atomic mass is 9.72. The Bertz CT molecular complexity index is 625. The zero-order valence-electron chi connectivity index (χ0n) is 14.4. The first-order chi connectivity index (χ1) is 11.6. The molecule has 0 radical (unpaired) electrons. The SMILES string of the molecule is CC[C@H](CO)NC(=O)c1cc(/C=C/C2CC3(CC3)C2)c(OC)cn1. The van der Waals surface area contributed by atoms with Crippen LogP contribution < -0.4 is 10.1 Å². The van der Waals surface area contributed by atoms with E-state index < -0.39 is 0 Å². The van der Waals surface area contributed by atoms with Crippen LogP contribution in [0.4, 0.5) is 0 Å². The Hall–Kier alpha value is -1.88. The number of allylic oxidation sites excluding steroid dienone is 1. The number of carbonyl (C=O) groups excluding carboxylic acids is 1. The average molecular weight is 330 g/mol. The molecule has 1 aromatic heterocycles. The molecule has 2 aliphatic rings. The van der Waals surface area contributed by atoms with Gasteiger partial charge in [0.05, 0.1) is 26.0 Å². The van der Waals surface area contributed by atoms with Gasteiger partial charge < -0.3 is 15.2 Å². The fraction of sp³-hybridized carbons (Fsp3) is 0.579. The molecule has 0 aromatic carbocycles. The van der Waals surface area contributed by atoms with Crippen LogP contribution in [-0.2, 0) is 0 Å². The van der Waals surface area contributed by atoms with Crippen molar-refractivity contribution >= 4 is 12.0 Å². The quantitative estimate of drug-likeness (QED) is 0.806. The van der Waals surface area contributed by atoms with Gasteiger partial charge in [-0.2, -0.15) is 0 Å². The lowest BCUT2D eigenvalue weighted by Gasteiger charge is -2.33. The van der Waals surface area contributed by atoms with Gasteiger partial charge in [0.1, 0.15) is 11.4 Å². The van der Waals surface area contributed by atoms with Gasteiger partial charge in [-0.05, 0) is 49.5 Å². The van der Waals surface area contributed by atoms with Crippen molar-refractivity contribution in [3.63, 3.8) is 0 Å². The van der Waals surface area contributed by atoms with Crippen LogP contribution in [0.1, 0.15) is 55.1 Å². The van der Waals surface area contributed by atoms with E-state index in [0.717, 1.165) is 5.56 Å². The maximum atomic E-state index is 12.3. The summed E-state index contributed by atoms with van der Waals surface area (Å²) in [4.78, 5) is 16.4. The number of amides is 1. The number of aromatic nitrogens is 1. The van der Waals surface area contributed by atoms with Crippen LogP contribution in [0.3, 0.4) is 0 Å². The Morgan fingerprint density at radius 3 is 2.88 bits per heavy atom. The topological polar surface area (TPSA) is 71.5 Å². The number of hydrogen-bond donors (Lipinski definition) is 2. The molecule has 0 bridgehead atoms. The van der Waals surface area contributed by atoms with E-state index in [1.165, 1.54) is 25.7 Å². The summed E-state index contributed by atoms with van der Waals surface area (Å²) in [6.45, 7) is 1.84. The van der Waals surface area contributed by atoms with Crippen molar-refractivity contribution in [1.29, 1.82) is 0 Å². The van der Waals surface area contributed by atoms with E-state index in [9.17, 15) is 9.90 Å². The maximum Gasteiger partial charge on any atom is 0.270 e. The van der Waals surface area contributed by atoms with Gasteiger partial charge in [-0.3, -0.25) is 4.79 Å². The fourth-order valence-corrected chi connectivity index (χ4v) is 3.43. The second-order valence-corrected chi connectivity index (χ2v) is 7.10. The highest BCUT2D eigenvalue weighted by atomic mass is 16.5. The first kappa shape index (κ1) is 17.0. The van der Waals surface area contributed by atoms with Crippen molar-refractivity contribution in [3.05, 3.63) is 29.6 Å². The van der Waals surface area contributed by atoms with E-state index in [2.05, 4.69) is 16.4 Å². The van der Waals surface area contributed by atoms with E-state index in [0.29, 0.717) is 29.2 Å². The minimum atomic E-state index is -0.270. The number of rotatable bonds is 7. The molecule has 0 saturated heterocycles. The summed E-state index contributed by atoms with van der Waals surface area (Å²) in [5.74, 6) is 1.03. The Balaban J connectivity index is 1.70. The molecule has 5 heteroatoms. The molecule has 24 heavy (non-hydrogen) atoms. The first-order valence-corrected chi connectivity index (χ1v) is 8.73. The molecule has 3 rings (SSSR count). The third kappa shape index (κ3) is 3.61. The van der Waals surface area contributed by atoms with E-state index in [1.54, 1.807) is 19.4 Å². The van der Waals surface area contributed by atoms with Crippen molar-refractivity contribution in [3.8, 4) is 5.75 Å². The highest BCUT2D eigenvalue weighted by Gasteiger charge is 2.51. The zero-order valence-corrected chi connectivity index (χ0v) is 14.4. The van der Waals surface area contributed by atoms with Crippen LogP contribution in [0.15, 0.2) is 18.3 Å². The predicted molar refractivity (Wildman–Crippen MR) is 92.8 cm³/mol. The zero-order chi connectivity index (χ0) is 17.2. The molecule has 1 heterocycles. The van der Waals surface area contributed by atoms with E-state index in [4.69, 9.17) is 4.74 Å². The summed E-state index contributed by atoms with van der Waals surface area (Å²) in [5.41, 5.74) is 1.89. The van der Waals surface area contributed by atoms with Crippen LogP contribution in [0.2, 0.25) is 0 Å². The van der Waals surface area contributed by atoms with E-state index in [-0.39, 0.29) is 18.6 Å². The van der Waals surface area contributed by atoms with Crippen molar-refractivity contribution in [2.45, 2.75) is 45.1 Å². The number of carbonyl (C=O) groups is 1. The van der Waals surface area contributed by atoms with E-state index >= 15 is 0 Å². The van der Waals surface area contributed by atoms with Crippen LogP contribution >= 0.6 is 0 Å². The predicted octanol–water partition coefficient (Wildman–Crippen LogP) is 2.79. The van der Waals surface area contributed by atoms with Crippen LogP contribution in [0.25, 0.3) is 6.08 Å². The number of aliphatic hydroxyl groups is 1. The van der Waals surface area contributed by atoms with Gasteiger partial charge in [0.25, 0.3) is 5.91 Å². The molecular formula is C19H26N2O3. The minimum Gasteiger partial charge on any atom is -0.495 e. The molecule has 2 N–H and O–H groups in total. The van der Waals surface area contributed by atoms with Gasteiger partial charge in [-0.25, -0.2) is 4.98 Å². The lowest BCUT2D eigenvalue weighted by Crippen LogP contribution is -2.37. The molecule has 2 fully saturated rings. The number of nitrogens with zero attached hydrogens (tertiary/aromatic N) is 1. The molecule has 2 aliphatic carbocycles. The summed E-state index contributed by atoms with van der Waals surface area (Å²) < 4.78 is 5.36. The highest BCUT2D eigenvalue weighted by Crippen LogP contribution is 2.63. The van der Waals surface area contributed by atoms with Crippen LogP contribution in [-0.4, -0.2) is 35.8 Å². The van der Waals surface area contributed by atoms with Gasteiger partial charge >= 0.3 is 0 Å². The Morgan fingerprint density at radius 1 is 1.54 bits per heavy atom. The monoisotopic (exact) mass is 330 g/mol. The molecule has 0 aliphatic heterocycles. The lowest BCUT2D eigenvalue weighted by molar-refractivity contribution is 0.0910. The number of ether oxygens (including phenoxy) is 1. The summed E-state index contributed by atoms with van der Waals surface area (Å²) in [6, 6.07) is 1.51. The third-order valence-corrected chi connectivity index (χ3v) is 5.29. The average Bonchev–Trinajstić information content (AvgIpc) is 3.37. The fourth-order valence-electron chi connectivity index (χ4n) is 3.43. The minimum absolute atomic E-state index is 0.0748. The van der Waals surface area contributed by atoms with Crippen LogP contribution in [0, 0.1) is 11.3 Å². The summed E-state index contributed by atoms with van der Waals surface area (Å²) >= 11 is 0. The Morgan fingerprint density at radius 2 is 2.29 bits per heavy atom. The Labute approximate surface area is 143 Å². The number of methoxy groups -OCH3 is 1. The molecule has 2 saturated carbocycles. The van der Waals surface area contributed by atoms with Crippen molar-refractivity contribution in [2.24, 2.45) is 11.3 Å². The van der Waals surface area contributed by atoms with Gasteiger partial charge in [0.2, 0.25) is 0 Å². The van der Waals surface area contributed by atoms with Gasteiger partial charge in [-0.15, -0.1) is 0 Å². The first-order valence-electron chi connectivity index (χ1n) is 8.73. The number of pyridine rings is 1. The number of nitrogens with one attached hydrogen (secondary N) is 1. The molecule has 1 aromatic rings. The molecule has 130 valence electrons. The molecule has 1 spiro atoms. The normalized spacial score (nSPS) is 20.0. The standard InChI is InChI=1S/C19H26N2O3/c1-3-15(12-22)21-18(23)16-8-14(17(24-2)11-20-16)5-4-13-9-19(10-13)6-7-19/h4-5,8,11,13,15,22H,3,6-7,9-10,12H2,1-2H3,(H,21,23)/b5-4+/t15-/m1/s1. The summed E-state index contributed by atoms with van der Waals surface area (Å²) in [6.07, 6.45) is 11.9. The molecule has 5 nitrogen and oxygen atoms in total. The molecule has 1 atom stereocenters.